The van der Waals surface area contributed by atoms with Crippen LogP contribution in [0.3, 0.4) is 0 Å². The van der Waals surface area contributed by atoms with Crippen molar-refractivity contribution in [3.63, 3.8) is 0 Å². The maximum Gasteiger partial charge on any atom is 0.255 e. The molecule has 8 nitrogen and oxygen atoms in total. The zero-order valence-corrected chi connectivity index (χ0v) is 23.5. The molecule has 1 saturated heterocycles. The maximum absolute atomic E-state index is 13.9. The SMILES string of the molecule is Cc1c(F)cccc1NC(=O)CN1CCC2(C/C=C/CNC(=O)c3ccccc3OC[C@@H](C(C)C)NC2=O)CC1. The van der Waals surface area contributed by atoms with Gasteiger partial charge in [-0.05, 0) is 69.5 Å². The Labute approximate surface area is 235 Å². The highest BCUT2D eigenvalue weighted by atomic mass is 19.1. The van der Waals surface area contributed by atoms with E-state index in [1.807, 2.05) is 37.0 Å². The number of piperidine rings is 1. The van der Waals surface area contributed by atoms with Crippen LogP contribution in [0, 0.1) is 24.1 Å². The van der Waals surface area contributed by atoms with Gasteiger partial charge in [0.1, 0.15) is 18.2 Å². The number of amides is 3. The second-order valence-electron chi connectivity index (χ2n) is 11.0. The number of nitrogens with one attached hydrogen (secondary N) is 3. The molecule has 2 aromatic rings. The van der Waals surface area contributed by atoms with E-state index in [-0.39, 0.29) is 48.7 Å². The zero-order chi connectivity index (χ0) is 28.7. The number of para-hydroxylation sites is 1. The Morgan fingerprint density at radius 1 is 1.12 bits per heavy atom. The zero-order valence-electron chi connectivity index (χ0n) is 23.5. The standard InChI is InChI=1S/C31H39FN4O4/c1-21(2)26-20-40-27-12-5-4-9-23(27)29(38)33-16-7-6-13-31(30(39)35-26)14-17-36(18-15-31)19-28(37)34-25-11-8-10-24(32)22(25)3/h4-12,21,26H,13-20H2,1-3H3,(H,33,38)(H,34,37)(H,35,39)/b7-6+/t26-/m0/s1. The number of hydrogen-bond acceptors (Lipinski definition) is 5. The van der Waals surface area contributed by atoms with Gasteiger partial charge < -0.3 is 20.7 Å². The van der Waals surface area contributed by atoms with Crippen molar-refractivity contribution in [2.45, 2.75) is 46.1 Å². The minimum atomic E-state index is -0.637. The van der Waals surface area contributed by atoms with Crippen LogP contribution in [0.2, 0.25) is 0 Å². The lowest BCUT2D eigenvalue weighted by atomic mass is 9.74. The Balaban J connectivity index is 1.44. The summed E-state index contributed by atoms with van der Waals surface area (Å²) < 4.78 is 19.9. The van der Waals surface area contributed by atoms with Crippen molar-refractivity contribution in [3.05, 3.63) is 71.6 Å². The van der Waals surface area contributed by atoms with Gasteiger partial charge in [-0.1, -0.05) is 44.2 Å². The second kappa shape index (κ2) is 13.1. The Morgan fingerprint density at radius 2 is 1.88 bits per heavy atom. The number of likely N-dealkylation sites (tertiary alicyclic amines) is 1. The highest BCUT2D eigenvalue weighted by Crippen LogP contribution is 2.36. The summed E-state index contributed by atoms with van der Waals surface area (Å²) in [5.41, 5.74) is 0.690. The van der Waals surface area contributed by atoms with Crippen molar-refractivity contribution in [3.8, 4) is 5.75 Å². The minimum absolute atomic E-state index is 0.0201. The summed E-state index contributed by atoms with van der Waals surface area (Å²) in [7, 11) is 0. The van der Waals surface area contributed by atoms with Crippen molar-refractivity contribution in [1.29, 1.82) is 0 Å². The predicted octanol–water partition coefficient (Wildman–Crippen LogP) is 4.06. The lowest BCUT2D eigenvalue weighted by molar-refractivity contribution is -0.135. The van der Waals surface area contributed by atoms with Gasteiger partial charge in [0.05, 0.1) is 23.6 Å². The minimum Gasteiger partial charge on any atom is -0.491 e. The predicted molar refractivity (Wildman–Crippen MR) is 153 cm³/mol. The van der Waals surface area contributed by atoms with Crippen LogP contribution < -0.4 is 20.7 Å². The summed E-state index contributed by atoms with van der Waals surface area (Å²) in [6.45, 7) is 7.59. The third-order valence-corrected chi connectivity index (χ3v) is 7.93. The summed E-state index contributed by atoms with van der Waals surface area (Å²) in [6, 6.07) is 11.5. The van der Waals surface area contributed by atoms with Gasteiger partial charge in [-0.3, -0.25) is 19.3 Å². The Bertz CT molecular complexity index is 1250. The van der Waals surface area contributed by atoms with E-state index < -0.39 is 5.41 Å². The number of benzene rings is 2. The first-order valence-corrected chi connectivity index (χ1v) is 13.9. The first-order chi connectivity index (χ1) is 19.2. The number of anilines is 1. The molecule has 2 heterocycles. The van der Waals surface area contributed by atoms with Crippen molar-refractivity contribution in [2.75, 3.05) is 38.1 Å². The highest BCUT2D eigenvalue weighted by molar-refractivity contribution is 5.97. The van der Waals surface area contributed by atoms with Crippen molar-refractivity contribution < 1.29 is 23.5 Å². The van der Waals surface area contributed by atoms with E-state index in [9.17, 15) is 18.8 Å². The van der Waals surface area contributed by atoms with Crippen LogP contribution >= 0.6 is 0 Å². The van der Waals surface area contributed by atoms with Gasteiger partial charge in [-0.25, -0.2) is 4.39 Å². The monoisotopic (exact) mass is 550 g/mol. The summed E-state index contributed by atoms with van der Waals surface area (Å²) >= 11 is 0. The van der Waals surface area contributed by atoms with E-state index in [0.717, 1.165) is 0 Å². The lowest BCUT2D eigenvalue weighted by Crippen LogP contribution is -2.54. The summed E-state index contributed by atoms with van der Waals surface area (Å²) in [5.74, 6) is -0.214. The van der Waals surface area contributed by atoms with E-state index in [2.05, 4.69) is 16.0 Å². The van der Waals surface area contributed by atoms with E-state index in [1.54, 1.807) is 37.3 Å². The molecule has 214 valence electrons. The van der Waals surface area contributed by atoms with Crippen LogP contribution in [-0.2, 0) is 9.59 Å². The fraction of sp³-hybridized carbons (Fsp3) is 0.452. The van der Waals surface area contributed by atoms with E-state index >= 15 is 0 Å². The topological polar surface area (TPSA) is 99.8 Å². The molecule has 0 unspecified atom stereocenters. The van der Waals surface area contributed by atoms with Gasteiger partial charge in [0.2, 0.25) is 11.8 Å². The van der Waals surface area contributed by atoms with Crippen molar-refractivity contribution >= 4 is 23.4 Å². The van der Waals surface area contributed by atoms with E-state index in [4.69, 9.17) is 4.74 Å². The van der Waals surface area contributed by atoms with Gasteiger partial charge in [-0.15, -0.1) is 0 Å². The molecule has 0 saturated carbocycles. The molecule has 40 heavy (non-hydrogen) atoms. The molecular formula is C31H39FN4O4. The van der Waals surface area contributed by atoms with E-state index in [1.165, 1.54) is 6.07 Å². The first kappa shape index (κ1) is 29.3. The third-order valence-electron chi connectivity index (χ3n) is 7.93. The molecule has 1 atom stereocenters. The normalized spacial score (nSPS) is 21.0. The first-order valence-electron chi connectivity index (χ1n) is 13.9. The molecule has 9 heteroatoms. The lowest BCUT2D eigenvalue weighted by Gasteiger charge is -2.41. The van der Waals surface area contributed by atoms with Gasteiger partial charge in [0.15, 0.2) is 0 Å². The third kappa shape index (κ3) is 7.07. The quantitative estimate of drug-likeness (QED) is 0.499. The molecule has 3 amide bonds. The molecule has 4 rings (SSSR count). The Kier molecular flexibility index (Phi) is 9.58. The maximum atomic E-state index is 13.9. The van der Waals surface area contributed by atoms with Crippen LogP contribution in [0.4, 0.5) is 10.1 Å². The number of carbonyl (C=O) groups is 3. The molecule has 0 radical (unpaired) electrons. The fourth-order valence-electron chi connectivity index (χ4n) is 5.12. The number of nitrogens with zero attached hydrogens (tertiary/aromatic N) is 1. The van der Waals surface area contributed by atoms with Gasteiger partial charge >= 0.3 is 0 Å². The van der Waals surface area contributed by atoms with Crippen molar-refractivity contribution in [1.82, 2.24) is 15.5 Å². The number of rotatable bonds is 4. The average Bonchev–Trinajstić information content (AvgIpc) is 2.93. The fourth-order valence-corrected chi connectivity index (χ4v) is 5.12. The summed E-state index contributed by atoms with van der Waals surface area (Å²) in [6.07, 6.45) is 5.53. The number of allylic oxidation sites excluding steroid dienone is 1. The average molecular weight is 551 g/mol. The van der Waals surface area contributed by atoms with Crippen LogP contribution in [0.5, 0.6) is 5.75 Å². The number of carbonyl (C=O) groups excluding carboxylic acids is 3. The van der Waals surface area contributed by atoms with Crippen LogP contribution in [0.25, 0.3) is 0 Å². The molecule has 0 aromatic heterocycles. The highest BCUT2D eigenvalue weighted by Gasteiger charge is 2.41. The second-order valence-corrected chi connectivity index (χ2v) is 11.0. The van der Waals surface area contributed by atoms with Gasteiger partial charge in [-0.2, -0.15) is 0 Å². The smallest absolute Gasteiger partial charge is 0.255 e. The number of fused-ring (bicyclic) bond motifs is 1. The summed E-state index contributed by atoms with van der Waals surface area (Å²) in [5, 5.41) is 8.95. The number of ether oxygens (including phenoxy) is 1. The molecule has 1 fully saturated rings. The Hall–Kier alpha value is -3.72. The molecule has 0 aliphatic carbocycles. The molecule has 1 spiro atoms. The molecule has 0 bridgehead atoms. The van der Waals surface area contributed by atoms with Gasteiger partial charge in [0, 0.05) is 17.8 Å². The molecular weight excluding hydrogens is 511 g/mol. The Morgan fingerprint density at radius 3 is 2.62 bits per heavy atom. The van der Waals surface area contributed by atoms with Gasteiger partial charge in [0.25, 0.3) is 5.91 Å². The molecule has 2 aliphatic rings. The number of hydrogen-bond donors (Lipinski definition) is 3. The van der Waals surface area contributed by atoms with Crippen LogP contribution in [0.15, 0.2) is 54.6 Å². The van der Waals surface area contributed by atoms with Crippen LogP contribution in [0.1, 0.15) is 49.0 Å². The number of halogens is 1. The molecule has 3 N–H and O–H groups in total. The van der Waals surface area contributed by atoms with Crippen LogP contribution in [-0.4, -0.2) is 61.4 Å². The largest absolute Gasteiger partial charge is 0.491 e. The molecule has 2 aromatic carbocycles. The summed E-state index contributed by atoms with van der Waals surface area (Å²) in [4.78, 5) is 41.3. The van der Waals surface area contributed by atoms with E-state index in [0.29, 0.717) is 61.5 Å². The van der Waals surface area contributed by atoms with Crippen molar-refractivity contribution in [2.24, 2.45) is 11.3 Å². The molecule has 2 aliphatic heterocycles.